The Morgan fingerprint density at radius 2 is 2.21 bits per heavy atom. The molecule has 0 unspecified atom stereocenters. The van der Waals surface area contributed by atoms with Crippen LogP contribution < -0.4 is 5.32 Å². The van der Waals surface area contributed by atoms with E-state index in [1.54, 1.807) is 18.4 Å². The first kappa shape index (κ1) is 9.86. The van der Waals surface area contributed by atoms with Gasteiger partial charge >= 0.3 is 0 Å². The Bertz CT molecular complexity index is 283. The fraction of sp³-hybridized carbons (Fsp3) is 0.778. The molecule has 78 valence electrons. The van der Waals surface area contributed by atoms with E-state index < -0.39 is 0 Å². The average Bonchev–Trinajstić information content (AvgIpc) is 2.79. The second kappa shape index (κ2) is 4.70. The molecule has 1 aromatic heterocycles. The Balaban J connectivity index is 1.88. The van der Waals surface area contributed by atoms with Gasteiger partial charge in [0.15, 0.2) is 0 Å². The molecular weight excluding hydrogens is 198 g/mol. The third kappa shape index (κ3) is 2.42. The molecule has 1 N–H and O–H groups in total. The molecule has 0 saturated heterocycles. The SMILES string of the molecule is COCc1nnc(NC2CCCC2)s1. The van der Waals surface area contributed by atoms with Crippen LogP contribution in [0.1, 0.15) is 30.7 Å². The summed E-state index contributed by atoms with van der Waals surface area (Å²) in [6.07, 6.45) is 5.20. The van der Waals surface area contributed by atoms with Crippen molar-refractivity contribution in [2.45, 2.75) is 38.3 Å². The molecule has 0 aliphatic heterocycles. The summed E-state index contributed by atoms with van der Waals surface area (Å²) < 4.78 is 4.99. The second-order valence-electron chi connectivity index (χ2n) is 3.56. The van der Waals surface area contributed by atoms with Crippen molar-refractivity contribution in [3.63, 3.8) is 0 Å². The summed E-state index contributed by atoms with van der Waals surface area (Å²) in [5.74, 6) is 0. The second-order valence-corrected chi connectivity index (χ2v) is 4.62. The van der Waals surface area contributed by atoms with Gasteiger partial charge in [-0.25, -0.2) is 0 Å². The highest BCUT2D eigenvalue weighted by Gasteiger charge is 2.16. The van der Waals surface area contributed by atoms with E-state index in [1.165, 1.54) is 25.7 Å². The minimum absolute atomic E-state index is 0.560. The Kier molecular flexibility index (Phi) is 3.31. The molecule has 1 aliphatic rings. The molecule has 1 heterocycles. The maximum atomic E-state index is 4.99. The number of methoxy groups -OCH3 is 1. The fourth-order valence-corrected chi connectivity index (χ4v) is 2.53. The summed E-state index contributed by atoms with van der Waals surface area (Å²) in [5, 5.41) is 13.4. The third-order valence-electron chi connectivity index (χ3n) is 2.42. The average molecular weight is 213 g/mol. The van der Waals surface area contributed by atoms with Crippen LogP contribution in [0.25, 0.3) is 0 Å². The number of ether oxygens (including phenoxy) is 1. The van der Waals surface area contributed by atoms with Gasteiger partial charge in [-0.2, -0.15) is 0 Å². The van der Waals surface area contributed by atoms with Crippen molar-refractivity contribution in [1.29, 1.82) is 0 Å². The van der Waals surface area contributed by atoms with E-state index in [1.807, 2.05) is 0 Å². The summed E-state index contributed by atoms with van der Waals surface area (Å²) in [7, 11) is 1.67. The number of hydrogen-bond donors (Lipinski definition) is 1. The first-order valence-electron chi connectivity index (χ1n) is 4.96. The van der Waals surface area contributed by atoms with Crippen LogP contribution in [0.2, 0.25) is 0 Å². The molecule has 5 heteroatoms. The molecule has 1 aromatic rings. The highest BCUT2D eigenvalue weighted by molar-refractivity contribution is 7.15. The van der Waals surface area contributed by atoms with Gasteiger partial charge < -0.3 is 10.1 Å². The highest BCUT2D eigenvalue weighted by Crippen LogP contribution is 2.24. The molecule has 0 amide bonds. The van der Waals surface area contributed by atoms with Crippen molar-refractivity contribution in [3.05, 3.63) is 5.01 Å². The first-order chi connectivity index (χ1) is 6.88. The summed E-state index contributed by atoms with van der Waals surface area (Å²) in [5.41, 5.74) is 0. The van der Waals surface area contributed by atoms with Crippen molar-refractivity contribution in [2.24, 2.45) is 0 Å². The van der Waals surface area contributed by atoms with Crippen LogP contribution >= 0.6 is 11.3 Å². The largest absolute Gasteiger partial charge is 0.377 e. The van der Waals surface area contributed by atoms with Crippen LogP contribution in [0.3, 0.4) is 0 Å². The molecule has 1 aliphatic carbocycles. The van der Waals surface area contributed by atoms with E-state index in [9.17, 15) is 0 Å². The van der Waals surface area contributed by atoms with Crippen molar-refractivity contribution in [2.75, 3.05) is 12.4 Å². The smallest absolute Gasteiger partial charge is 0.205 e. The Hall–Kier alpha value is -0.680. The van der Waals surface area contributed by atoms with E-state index >= 15 is 0 Å². The van der Waals surface area contributed by atoms with Gasteiger partial charge in [0.05, 0.1) is 0 Å². The lowest BCUT2D eigenvalue weighted by molar-refractivity contribution is 0.184. The van der Waals surface area contributed by atoms with Crippen molar-refractivity contribution >= 4 is 16.5 Å². The molecule has 0 spiro atoms. The quantitative estimate of drug-likeness (QED) is 0.831. The Labute approximate surface area is 87.7 Å². The van der Waals surface area contributed by atoms with Crippen molar-refractivity contribution in [1.82, 2.24) is 10.2 Å². The molecular formula is C9H15N3OS. The number of nitrogens with one attached hydrogen (secondary N) is 1. The highest BCUT2D eigenvalue weighted by atomic mass is 32.1. The van der Waals surface area contributed by atoms with Crippen LogP contribution in [0.5, 0.6) is 0 Å². The van der Waals surface area contributed by atoms with Crippen LogP contribution in [0, 0.1) is 0 Å². The van der Waals surface area contributed by atoms with Crippen molar-refractivity contribution in [3.8, 4) is 0 Å². The molecule has 0 atom stereocenters. The molecule has 4 nitrogen and oxygen atoms in total. The maximum Gasteiger partial charge on any atom is 0.205 e. The minimum atomic E-state index is 0.560. The minimum Gasteiger partial charge on any atom is -0.377 e. The molecule has 1 fully saturated rings. The predicted molar refractivity (Wildman–Crippen MR) is 56.5 cm³/mol. The zero-order chi connectivity index (χ0) is 9.80. The standard InChI is InChI=1S/C9H15N3OS/c1-13-6-8-11-12-9(14-8)10-7-4-2-3-5-7/h7H,2-6H2,1H3,(H,10,12). The van der Waals surface area contributed by atoms with Crippen LogP contribution in [-0.2, 0) is 11.3 Å². The fourth-order valence-electron chi connectivity index (χ4n) is 1.74. The number of aromatic nitrogens is 2. The lowest BCUT2D eigenvalue weighted by Gasteiger charge is -2.08. The summed E-state index contributed by atoms with van der Waals surface area (Å²) in [6, 6.07) is 0.610. The molecule has 0 radical (unpaired) electrons. The Morgan fingerprint density at radius 1 is 1.43 bits per heavy atom. The van der Waals surface area contributed by atoms with Gasteiger partial charge in [0.25, 0.3) is 0 Å². The first-order valence-corrected chi connectivity index (χ1v) is 5.78. The lowest BCUT2D eigenvalue weighted by atomic mass is 10.3. The van der Waals surface area contributed by atoms with E-state index in [0.717, 1.165) is 10.1 Å². The predicted octanol–water partition coefficient (Wildman–Crippen LogP) is 2.04. The normalized spacial score (nSPS) is 17.5. The van der Waals surface area contributed by atoms with Gasteiger partial charge in [-0.1, -0.05) is 24.2 Å². The maximum absolute atomic E-state index is 4.99. The zero-order valence-electron chi connectivity index (χ0n) is 8.32. The molecule has 1 saturated carbocycles. The van der Waals surface area contributed by atoms with Crippen LogP contribution in [-0.4, -0.2) is 23.3 Å². The number of nitrogens with zero attached hydrogens (tertiary/aromatic N) is 2. The summed E-state index contributed by atoms with van der Waals surface area (Å²) >= 11 is 1.59. The molecule has 0 bridgehead atoms. The van der Waals surface area contributed by atoms with E-state index in [-0.39, 0.29) is 0 Å². The zero-order valence-corrected chi connectivity index (χ0v) is 9.14. The monoisotopic (exact) mass is 213 g/mol. The van der Waals surface area contributed by atoms with E-state index in [2.05, 4.69) is 15.5 Å². The third-order valence-corrected chi connectivity index (χ3v) is 3.25. The number of rotatable bonds is 4. The molecule has 14 heavy (non-hydrogen) atoms. The van der Waals surface area contributed by atoms with E-state index in [0.29, 0.717) is 12.6 Å². The van der Waals surface area contributed by atoms with Crippen molar-refractivity contribution < 1.29 is 4.74 Å². The van der Waals surface area contributed by atoms with Crippen LogP contribution in [0.4, 0.5) is 5.13 Å². The number of hydrogen-bond acceptors (Lipinski definition) is 5. The molecule has 2 rings (SSSR count). The summed E-state index contributed by atoms with van der Waals surface area (Å²) in [6.45, 7) is 0.560. The topological polar surface area (TPSA) is 47.0 Å². The van der Waals surface area contributed by atoms with Gasteiger partial charge in [0.2, 0.25) is 5.13 Å². The summed E-state index contributed by atoms with van der Waals surface area (Å²) in [4.78, 5) is 0. The van der Waals surface area contributed by atoms with Gasteiger partial charge in [0.1, 0.15) is 11.6 Å². The van der Waals surface area contributed by atoms with E-state index in [4.69, 9.17) is 4.74 Å². The van der Waals surface area contributed by atoms with Gasteiger partial charge in [-0.05, 0) is 12.8 Å². The Morgan fingerprint density at radius 3 is 2.93 bits per heavy atom. The van der Waals surface area contributed by atoms with Gasteiger partial charge in [-0.15, -0.1) is 10.2 Å². The molecule has 0 aromatic carbocycles. The van der Waals surface area contributed by atoms with Crippen LogP contribution in [0.15, 0.2) is 0 Å². The van der Waals surface area contributed by atoms with Gasteiger partial charge in [0, 0.05) is 13.2 Å². The van der Waals surface area contributed by atoms with Gasteiger partial charge in [-0.3, -0.25) is 0 Å². The number of anilines is 1. The lowest BCUT2D eigenvalue weighted by Crippen LogP contribution is -2.13.